The fourth-order valence-corrected chi connectivity index (χ4v) is 5.96. The van der Waals surface area contributed by atoms with Gasteiger partial charge in [-0.2, -0.15) is 0 Å². The topological polar surface area (TPSA) is 122 Å². The van der Waals surface area contributed by atoms with Gasteiger partial charge in [0.05, 0.1) is 132 Å². The van der Waals surface area contributed by atoms with Crippen LogP contribution in [0.5, 0.6) is 0 Å². The van der Waals surface area contributed by atoms with Gasteiger partial charge in [-0.05, 0) is 19.8 Å². The Kier molecular flexibility index (Phi) is 49.5. The van der Waals surface area contributed by atoms with Crippen molar-refractivity contribution in [1.82, 2.24) is 0 Å². The van der Waals surface area contributed by atoms with Crippen LogP contribution in [-0.4, -0.2) is 150 Å². The lowest BCUT2D eigenvalue weighted by Gasteiger charge is -2.30. The SMILES string of the molecule is CCCCCCCCCCCCOC(C)(COCCOCCOCCOCCOCCOCCOCCOCCOCCO)OCCCCCCCCCCCC. The van der Waals surface area contributed by atoms with Crippen molar-refractivity contribution < 1.29 is 57.2 Å². The monoisotopic (exact) mass is 825 g/mol. The van der Waals surface area contributed by atoms with Crippen LogP contribution in [0.15, 0.2) is 0 Å². The number of aliphatic hydroxyl groups excluding tert-OH is 1. The third kappa shape index (κ3) is 48.1. The van der Waals surface area contributed by atoms with Crippen LogP contribution in [0, 0.1) is 0 Å². The lowest BCUT2D eigenvalue weighted by molar-refractivity contribution is -0.252. The van der Waals surface area contributed by atoms with E-state index in [1.165, 1.54) is 116 Å². The first kappa shape index (κ1) is 56.5. The normalized spacial score (nSPS) is 12.0. The van der Waals surface area contributed by atoms with Crippen LogP contribution >= 0.6 is 0 Å². The maximum atomic E-state index is 8.62. The molecule has 0 atom stereocenters. The minimum atomic E-state index is -0.731. The van der Waals surface area contributed by atoms with Gasteiger partial charge in [-0.1, -0.05) is 129 Å². The molecule has 0 rings (SSSR count). The quantitative estimate of drug-likeness (QED) is 0.0467. The highest BCUT2D eigenvalue weighted by Gasteiger charge is 2.26. The molecular weight excluding hydrogens is 732 g/mol. The molecule has 0 bridgehead atoms. The van der Waals surface area contributed by atoms with E-state index in [0.29, 0.717) is 132 Å². The summed E-state index contributed by atoms with van der Waals surface area (Å²) >= 11 is 0. The molecule has 0 heterocycles. The Morgan fingerprint density at radius 3 is 0.772 bits per heavy atom. The molecule has 12 nitrogen and oxygen atoms in total. The van der Waals surface area contributed by atoms with Crippen LogP contribution in [0.1, 0.15) is 149 Å². The van der Waals surface area contributed by atoms with Crippen molar-refractivity contribution in [3.8, 4) is 0 Å². The maximum Gasteiger partial charge on any atom is 0.188 e. The Balaban J connectivity index is 3.82. The van der Waals surface area contributed by atoms with Gasteiger partial charge in [-0.15, -0.1) is 0 Å². The number of unbranched alkanes of at least 4 members (excludes halogenated alkanes) is 18. The maximum absolute atomic E-state index is 8.62. The van der Waals surface area contributed by atoms with Crippen LogP contribution < -0.4 is 0 Å². The molecule has 0 aliphatic heterocycles. The average Bonchev–Trinajstić information content (AvgIpc) is 3.21. The lowest BCUT2D eigenvalue weighted by Crippen LogP contribution is -2.39. The Labute approximate surface area is 350 Å². The van der Waals surface area contributed by atoms with Gasteiger partial charge in [0, 0.05) is 0 Å². The van der Waals surface area contributed by atoms with Gasteiger partial charge >= 0.3 is 0 Å². The Morgan fingerprint density at radius 1 is 0.281 bits per heavy atom. The summed E-state index contributed by atoms with van der Waals surface area (Å²) in [7, 11) is 0. The molecule has 0 amide bonds. The van der Waals surface area contributed by atoms with Crippen molar-refractivity contribution >= 4 is 0 Å². The molecule has 0 aromatic heterocycles. The predicted molar refractivity (Wildman–Crippen MR) is 228 cm³/mol. The number of ether oxygens (including phenoxy) is 11. The zero-order valence-corrected chi connectivity index (χ0v) is 37.4. The number of rotatable bonds is 52. The van der Waals surface area contributed by atoms with Crippen molar-refractivity contribution in [2.24, 2.45) is 0 Å². The van der Waals surface area contributed by atoms with E-state index in [1.807, 2.05) is 6.92 Å². The summed E-state index contributed by atoms with van der Waals surface area (Å²) < 4.78 is 62.4. The molecule has 0 aromatic carbocycles. The first-order chi connectivity index (χ1) is 28.2. The molecule has 0 aliphatic rings. The molecule has 344 valence electrons. The van der Waals surface area contributed by atoms with E-state index in [2.05, 4.69) is 13.8 Å². The minimum absolute atomic E-state index is 0.0276. The van der Waals surface area contributed by atoms with E-state index in [9.17, 15) is 0 Å². The average molecular weight is 825 g/mol. The molecule has 0 unspecified atom stereocenters. The van der Waals surface area contributed by atoms with E-state index in [1.54, 1.807) is 0 Å². The second-order valence-electron chi connectivity index (χ2n) is 14.9. The summed E-state index contributed by atoms with van der Waals surface area (Å²) in [6.07, 6.45) is 26.2. The van der Waals surface area contributed by atoms with E-state index in [4.69, 9.17) is 57.2 Å². The van der Waals surface area contributed by atoms with Crippen LogP contribution in [0.4, 0.5) is 0 Å². The fraction of sp³-hybridized carbons (Fsp3) is 1.00. The highest BCUT2D eigenvalue weighted by molar-refractivity contribution is 4.63. The van der Waals surface area contributed by atoms with Crippen molar-refractivity contribution in [2.75, 3.05) is 139 Å². The van der Waals surface area contributed by atoms with Crippen LogP contribution in [0.25, 0.3) is 0 Å². The Morgan fingerprint density at radius 2 is 0.509 bits per heavy atom. The van der Waals surface area contributed by atoms with Gasteiger partial charge in [-0.3, -0.25) is 0 Å². The Bertz CT molecular complexity index is 694. The van der Waals surface area contributed by atoms with Gasteiger partial charge in [0.25, 0.3) is 0 Å². The third-order valence-corrected chi connectivity index (χ3v) is 9.39. The second kappa shape index (κ2) is 49.9. The van der Waals surface area contributed by atoms with Crippen molar-refractivity contribution in [3.05, 3.63) is 0 Å². The fourth-order valence-electron chi connectivity index (χ4n) is 5.96. The number of hydrogen-bond donors (Lipinski definition) is 1. The summed E-state index contributed by atoms with van der Waals surface area (Å²) in [6, 6.07) is 0. The van der Waals surface area contributed by atoms with Crippen LogP contribution in [0.2, 0.25) is 0 Å². The molecule has 0 spiro atoms. The zero-order chi connectivity index (χ0) is 41.3. The largest absolute Gasteiger partial charge is 0.394 e. The zero-order valence-electron chi connectivity index (χ0n) is 37.4. The van der Waals surface area contributed by atoms with E-state index < -0.39 is 5.79 Å². The summed E-state index contributed by atoms with van der Waals surface area (Å²) in [4.78, 5) is 0. The van der Waals surface area contributed by atoms with E-state index in [0.717, 1.165) is 12.8 Å². The minimum Gasteiger partial charge on any atom is -0.394 e. The first-order valence-electron chi connectivity index (χ1n) is 23.3. The third-order valence-electron chi connectivity index (χ3n) is 9.39. The standard InChI is InChI=1S/C45H92O12/c1-4-6-8-10-12-14-16-18-20-22-25-56-45(3,57-26-23-21-19-17-15-13-11-9-7-5-2)44-55-43-42-54-41-40-53-39-38-52-37-36-51-35-34-50-33-32-49-31-30-48-29-28-47-27-24-46/h46H,4-44H2,1-3H3. The molecule has 0 aromatic rings. The van der Waals surface area contributed by atoms with Crippen LogP contribution in [0.3, 0.4) is 0 Å². The number of aliphatic hydroxyl groups is 1. The molecule has 0 aliphatic carbocycles. The first-order valence-corrected chi connectivity index (χ1v) is 23.3. The molecule has 0 fully saturated rings. The highest BCUT2D eigenvalue weighted by Crippen LogP contribution is 2.18. The smallest absolute Gasteiger partial charge is 0.188 e. The van der Waals surface area contributed by atoms with Crippen molar-refractivity contribution in [3.63, 3.8) is 0 Å². The molecule has 1 N–H and O–H groups in total. The predicted octanol–water partition coefficient (Wildman–Crippen LogP) is 8.72. The van der Waals surface area contributed by atoms with Crippen molar-refractivity contribution in [1.29, 1.82) is 0 Å². The van der Waals surface area contributed by atoms with Gasteiger partial charge in [0.15, 0.2) is 5.79 Å². The Hall–Kier alpha value is -0.480. The summed E-state index contributed by atoms with van der Waals surface area (Å²) in [6.45, 7) is 16.8. The summed E-state index contributed by atoms with van der Waals surface area (Å²) in [5.74, 6) is -0.731. The molecule has 57 heavy (non-hydrogen) atoms. The van der Waals surface area contributed by atoms with Gasteiger partial charge in [0.2, 0.25) is 0 Å². The molecular formula is C45H92O12. The van der Waals surface area contributed by atoms with Crippen molar-refractivity contribution in [2.45, 2.75) is 155 Å². The van der Waals surface area contributed by atoms with Gasteiger partial charge < -0.3 is 57.2 Å². The van der Waals surface area contributed by atoms with Gasteiger partial charge in [0.1, 0.15) is 6.61 Å². The molecule has 0 saturated carbocycles. The van der Waals surface area contributed by atoms with Crippen LogP contribution in [-0.2, 0) is 52.1 Å². The lowest BCUT2D eigenvalue weighted by atomic mass is 10.1. The van der Waals surface area contributed by atoms with Gasteiger partial charge in [-0.25, -0.2) is 0 Å². The van der Waals surface area contributed by atoms with E-state index in [-0.39, 0.29) is 6.61 Å². The molecule has 0 saturated heterocycles. The second-order valence-corrected chi connectivity index (χ2v) is 14.9. The summed E-state index contributed by atoms with van der Waals surface area (Å²) in [5, 5.41) is 8.62. The molecule has 12 heteroatoms. The van der Waals surface area contributed by atoms with E-state index >= 15 is 0 Å². The number of hydrogen-bond acceptors (Lipinski definition) is 12. The summed E-state index contributed by atoms with van der Waals surface area (Å²) in [5.41, 5.74) is 0. The molecule has 0 radical (unpaired) electrons. The highest BCUT2D eigenvalue weighted by atomic mass is 16.7.